The van der Waals surface area contributed by atoms with E-state index in [9.17, 15) is 0 Å². The Bertz CT molecular complexity index is 118. The van der Waals surface area contributed by atoms with Gasteiger partial charge in [0.25, 0.3) is 0 Å². The first kappa shape index (κ1) is 65.5. The van der Waals surface area contributed by atoms with E-state index in [0.717, 1.165) is 10.5 Å². The third kappa shape index (κ3) is 233. The Hall–Kier alpha value is 2.27. The van der Waals surface area contributed by atoms with Gasteiger partial charge in [-0.2, -0.15) is 0 Å². The number of rotatable bonds is 2. The van der Waals surface area contributed by atoms with Crippen molar-refractivity contribution in [1.82, 2.24) is 0 Å². The fourth-order valence-corrected chi connectivity index (χ4v) is 0. The zero-order chi connectivity index (χ0) is 13.3. The fourth-order valence-electron chi connectivity index (χ4n) is 0. The molecule has 0 aliphatic carbocycles. The van der Waals surface area contributed by atoms with Gasteiger partial charge in [0, 0.05) is 1.43 Å². The van der Waals surface area contributed by atoms with E-state index in [1.54, 1.807) is 0 Å². The Morgan fingerprint density at radius 1 is 1.00 bits per heavy atom. The van der Waals surface area contributed by atoms with Crippen LogP contribution in [0.5, 0.6) is 0 Å². The monoisotopic (exact) mass is 367 g/mol. The van der Waals surface area contributed by atoms with Crippen LogP contribution in [-0.4, -0.2) is 105 Å². The summed E-state index contributed by atoms with van der Waals surface area (Å²) in [7, 11) is 1.68. The summed E-state index contributed by atoms with van der Waals surface area (Å²) < 4.78 is 21.8. The van der Waals surface area contributed by atoms with Crippen LogP contribution in [0.2, 0.25) is 0 Å². The van der Waals surface area contributed by atoms with Crippen molar-refractivity contribution in [1.29, 1.82) is 0 Å². The van der Waals surface area contributed by atoms with E-state index in [-0.39, 0.29) is 96.5 Å². The van der Waals surface area contributed by atoms with E-state index in [1.165, 1.54) is 16.6 Å². The SMILES string of the molecule is O.O=BB(O)O.O=BB(O)O.O[SiH2].[3HH].[B][O][AlH].[Na+].[Na+].[OH-].[OH-].[OH3+]. The Kier molecular flexibility index (Phi) is 248. The van der Waals surface area contributed by atoms with Crippen molar-refractivity contribution in [2.75, 3.05) is 0 Å². The molecule has 0 amide bonds. The molecule has 21 heteroatoms. The van der Waals surface area contributed by atoms with Crippen molar-refractivity contribution in [2.24, 2.45) is 0 Å². The second-order valence-electron chi connectivity index (χ2n) is 1.27. The van der Waals surface area contributed by atoms with Crippen LogP contribution in [0.25, 0.3) is 0 Å². The van der Waals surface area contributed by atoms with Crippen LogP contribution in [0.4, 0.5) is 0 Å². The molecule has 0 heterocycles. The molecule has 21 heavy (non-hydrogen) atoms. The molecule has 0 aromatic carbocycles. The van der Waals surface area contributed by atoms with Gasteiger partial charge in [0.05, 0.1) is 0 Å². The minimum atomic E-state index is -1.80. The van der Waals surface area contributed by atoms with Crippen molar-refractivity contribution >= 4 is 63.3 Å². The maximum Gasteiger partial charge on any atom is 1.00 e. The van der Waals surface area contributed by atoms with Crippen molar-refractivity contribution in [3.8, 4) is 0 Å². The summed E-state index contributed by atoms with van der Waals surface area (Å²) in [5, 5.41) is 30.2. The molecule has 0 unspecified atom stereocenters. The van der Waals surface area contributed by atoms with E-state index in [0.29, 0.717) is 0 Å². The van der Waals surface area contributed by atoms with Crippen LogP contribution in [-0.2, 0) is 18.6 Å². The zero-order valence-electron chi connectivity index (χ0n) is 11.7. The molecule has 0 saturated carbocycles. The van der Waals surface area contributed by atoms with E-state index in [2.05, 4.69) is 11.8 Å². The van der Waals surface area contributed by atoms with E-state index in [4.69, 9.17) is 34.3 Å². The Balaban J connectivity index is -0.00000000765. The van der Waals surface area contributed by atoms with Crippen LogP contribution in [0.3, 0.4) is 0 Å². The molecule has 0 atom stereocenters. The first-order valence-corrected chi connectivity index (χ1v) is 4.22. The van der Waals surface area contributed by atoms with E-state index < -0.39 is 14.0 Å². The average Bonchev–Trinajstić information content (AvgIpc) is 2.22. The van der Waals surface area contributed by atoms with Gasteiger partial charge < -0.3 is 30.4 Å². The summed E-state index contributed by atoms with van der Waals surface area (Å²) in [6.07, 6.45) is 0. The minimum Gasteiger partial charge on any atom is -0.870 e. The molecule has 0 bridgehead atoms. The van der Waals surface area contributed by atoms with Gasteiger partial charge in [-0.25, -0.2) is 0 Å². The largest absolute Gasteiger partial charge is 1.00 e. The van der Waals surface area contributed by atoms with Gasteiger partial charge in [-0.05, 0) is 0 Å². The summed E-state index contributed by atoms with van der Waals surface area (Å²) in [5.41, 5.74) is 0. The topological polar surface area (TPSA) is 269 Å². The van der Waals surface area contributed by atoms with Gasteiger partial charge in [-0.1, -0.05) is 0 Å². The third-order valence-electron chi connectivity index (χ3n) is 0.243. The first-order chi connectivity index (χ1) is 6.95. The molecule has 0 aliphatic rings. The number of hydrogen-bond donors (Lipinski definition) is 5. The molecule has 0 saturated heterocycles. The van der Waals surface area contributed by atoms with Gasteiger partial charge in [0.1, 0.15) is 0 Å². The predicted octanol–water partition coefficient (Wildman–Crippen LogP) is -14.4. The van der Waals surface area contributed by atoms with Crippen LogP contribution in [0, 0.1) is 0 Å². The molecule has 0 spiro atoms. The van der Waals surface area contributed by atoms with Gasteiger partial charge >= 0.3 is 133 Å². The quantitative estimate of drug-likeness (QED) is 0.227. The molecule has 12 nitrogen and oxygen atoms in total. The van der Waals surface area contributed by atoms with Crippen molar-refractivity contribution in [3.63, 3.8) is 0 Å². The molecule has 12 N–H and O–H groups in total. The number of hydrogen-bond acceptors (Lipinski definition) is 10. The summed E-state index contributed by atoms with van der Waals surface area (Å²) in [6, 6.07) is 0. The van der Waals surface area contributed by atoms with Crippen molar-refractivity contribution in [2.45, 2.75) is 0 Å². The smallest absolute Gasteiger partial charge is 0.870 e. The van der Waals surface area contributed by atoms with E-state index in [1.807, 2.05) is 0 Å². The Morgan fingerprint density at radius 3 is 1.05 bits per heavy atom. The van der Waals surface area contributed by atoms with Gasteiger partial charge in [-0.3, -0.25) is 0 Å². The average molecular weight is 366 g/mol. The summed E-state index contributed by atoms with van der Waals surface area (Å²) in [4.78, 5) is 7.03. The molecule has 0 aromatic heterocycles. The van der Waals surface area contributed by atoms with Crippen LogP contribution < -0.4 is 59.1 Å². The summed E-state index contributed by atoms with van der Waals surface area (Å²) >= 11 is 1.25. The molecular weight excluding hydrogens is 347 g/mol. The fraction of sp³-hybridized carbons (Fsp3) is 0. The minimum absolute atomic E-state index is 0. The summed E-state index contributed by atoms with van der Waals surface area (Å²) in [5.74, 6) is 0. The predicted molar refractivity (Wildman–Crippen MR) is 72.5 cm³/mol. The first-order valence-electron chi connectivity index (χ1n) is 3.01. The maximum atomic E-state index is 9.00. The molecule has 0 aromatic rings. The van der Waals surface area contributed by atoms with Gasteiger partial charge in [-0.15, -0.1) is 0 Å². The molecular formula is H17AlB5Na2O12Si+. The normalized spacial score (nSPS) is 3.90. The zero-order valence-corrected chi connectivity index (χ0v) is 18.6. The second-order valence-corrected chi connectivity index (χ2v) is 1.60. The molecule has 0 aliphatic heterocycles. The molecule has 4 radical (unpaired) electrons. The van der Waals surface area contributed by atoms with Gasteiger partial charge in [0.15, 0.2) is 10.5 Å². The maximum absolute atomic E-state index is 9.00. The third-order valence-corrected chi connectivity index (χ3v) is 0.243. The molecule has 0 fully saturated rings. The van der Waals surface area contributed by atoms with Gasteiger partial charge in [0.2, 0.25) is 8.05 Å². The standard InChI is InChI=1S/Al.2B2H2O3.BO.2Na.H3OSi.4H2O.H2.H/c;2*3-1-2(4)5;1-2;;;1-2;;;;;;/h;2*4-5H;;;;1H,2H2;4*1H2;1H;/q+1;;;-1;2*+1;;;;;;;/p-1/i;;;;;;;;;;;1+2;. The molecule has 0 rings (SSSR count). The van der Waals surface area contributed by atoms with Crippen molar-refractivity contribution in [3.05, 3.63) is 0 Å². The Labute approximate surface area is 182 Å². The molecule has 112 valence electrons. The van der Waals surface area contributed by atoms with E-state index >= 15 is 0 Å². The second kappa shape index (κ2) is 79.3. The van der Waals surface area contributed by atoms with Crippen LogP contribution >= 0.6 is 0 Å². The van der Waals surface area contributed by atoms with Crippen LogP contribution in [0.15, 0.2) is 0 Å². The van der Waals surface area contributed by atoms with Crippen molar-refractivity contribution < 1.29 is 120 Å². The summed E-state index contributed by atoms with van der Waals surface area (Å²) in [6.45, 7) is 0. The Morgan fingerprint density at radius 2 is 1.05 bits per heavy atom. The van der Waals surface area contributed by atoms with Crippen LogP contribution in [0.1, 0.15) is 1.43 Å².